The van der Waals surface area contributed by atoms with E-state index in [4.69, 9.17) is 0 Å². The maximum absolute atomic E-state index is 12.1. The summed E-state index contributed by atoms with van der Waals surface area (Å²) in [6, 6.07) is 7.42. The van der Waals surface area contributed by atoms with Gasteiger partial charge in [0, 0.05) is 23.2 Å². The smallest absolute Gasteiger partial charge is 0.314 e. The largest absolute Gasteiger partial charge is 0.508 e. The van der Waals surface area contributed by atoms with Gasteiger partial charge in [0.1, 0.15) is 5.75 Å². The molecule has 0 fully saturated rings. The number of benzene rings is 1. The number of carbonyl (C=O) groups excluding carboxylic acids is 1. The maximum Gasteiger partial charge on any atom is 0.314 e. The number of amides is 2. The SMILES string of the molecule is CCCCCCCCCCNC(=O)NCCC(CCCCCCC)Sc1ccc(O)cc1. The van der Waals surface area contributed by atoms with Crippen LogP contribution in [0, 0.1) is 0 Å². The Bertz CT molecular complexity index is 565. The summed E-state index contributed by atoms with van der Waals surface area (Å²) in [7, 11) is 0. The molecule has 2 amide bonds. The van der Waals surface area contributed by atoms with Crippen LogP contribution in [0.1, 0.15) is 110 Å². The molecular weight excluding hydrogens is 416 g/mol. The van der Waals surface area contributed by atoms with E-state index in [2.05, 4.69) is 24.5 Å². The van der Waals surface area contributed by atoms with Crippen molar-refractivity contribution in [2.24, 2.45) is 0 Å². The number of carbonyl (C=O) groups is 1. The molecular formula is C27H48N2O2S. The van der Waals surface area contributed by atoms with E-state index in [0.717, 1.165) is 25.8 Å². The molecule has 1 aromatic carbocycles. The number of unbranched alkanes of at least 4 members (excludes halogenated alkanes) is 11. The summed E-state index contributed by atoms with van der Waals surface area (Å²) in [5, 5.41) is 16.0. The highest BCUT2D eigenvalue weighted by atomic mass is 32.2. The zero-order valence-electron chi connectivity index (χ0n) is 20.7. The van der Waals surface area contributed by atoms with E-state index in [-0.39, 0.29) is 6.03 Å². The van der Waals surface area contributed by atoms with Crippen LogP contribution in [0.2, 0.25) is 0 Å². The molecule has 1 aromatic rings. The molecule has 0 heterocycles. The van der Waals surface area contributed by atoms with Gasteiger partial charge in [-0.25, -0.2) is 4.79 Å². The van der Waals surface area contributed by atoms with E-state index in [1.54, 1.807) is 12.1 Å². The summed E-state index contributed by atoms with van der Waals surface area (Å²) in [5.41, 5.74) is 0. The summed E-state index contributed by atoms with van der Waals surface area (Å²) in [4.78, 5) is 13.3. The molecule has 1 atom stereocenters. The van der Waals surface area contributed by atoms with Crippen molar-refractivity contribution < 1.29 is 9.90 Å². The lowest BCUT2D eigenvalue weighted by Crippen LogP contribution is -2.37. The third-order valence-electron chi connectivity index (χ3n) is 5.84. The second-order valence-electron chi connectivity index (χ2n) is 8.88. The Morgan fingerprint density at radius 1 is 0.750 bits per heavy atom. The fraction of sp³-hybridized carbons (Fsp3) is 0.741. The number of phenols is 1. The molecule has 4 nitrogen and oxygen atoms in total. The first-order valence-corrected chi connectivity index (χ1v) is 14.0. The van der Waals surface area contributed by atoms with Gasteiger partial charge in [0.25, 0.3) is 0 Å². The van der Waals surface area contributed by atoms with Crippen LogP contribution < -0.4 is 10.6 Å². The molecule has 0 saturated heterocycles. The third kappa shape index (κ3) is 16.3. The molecule has 0 radical (unpaired) electrons. The predicted octanol–water partition coefficient (Wildman–Crippen LogP) is 8.04. The number of hydrogen-bond acceptors (Lipinski definition) is 3. The van der Waals surface area contributed by atoms with Gasteiger partial charge < -0.3 is 15.7 Å². The van der Waals surface area contributed by atoms with Crippen LogP contribution in [0.3, 0.4) is 0 Å². The van der Waals surface area contributed by atoms with Gasteiger partial charge in [0.15, 0.2) is 0 Å². The summed E-state index contributed by atoms with van der Waals surface area (Å²) in [5.74, 6) is 0.306. The lowest BCUT2D eigenvalue weighted by atomic mass is 10.1. The molecule has 184 valence electrons. The molecule has 1 rings (SSSR count). The molecule has 5 heteroatoms. The Kier molecular flexibility index (Phi) is 18.2. The Labute approximate surface area is 201 Å². The number of aromatic hydroxyl groups is 1. The number of rotatable bonds is 20. The van der Waals surface area contributed by atoms with Gasteiger partial charge in [-0.2, -0.15) is 0 Å². The topological polar surface area (TPSA) is 61.4 Å². The zero-order valence-corrected chi connectivity index (χ0v) is 21.5. The van der Waals surface area contributed by atoms with Gasteiger partial charge >= 0.3 is 6.03 Å². The van der Waals surface area contributed by atoms with Crippen molar-refractivity contribution in [1.82, 2.24) is 10.6 Å². The van der Waals surface area contributed by atoms with E-state index in [0.29, 0.717) is 17.5 Å². The van der Waals surface area contributed by atoms with Gasteiger partial charge in [-0.3, -0.25) is 0 Å². The number of urea groups is 1. The zero-order chi connectivity index (χ0) is 23.3. The Balaban J connectivity index is 2.20. The minimum atomic E-state index is -0.0377. The molecule has 0 aliphatic carbocycles. The molecule has 32 heavy (non-hydrogen) atoms. The average Bonchev–Trinajstić information content (AvgIpc) is 2.79. The van der Waals surface area contributed by atoms with E-state index in [1.807, 2.05) is 23.9 Å². The Morgan fingerprint density at radius 2 is 1.28 bits per heavy atom. The molecule has 0 aromatic heterocycles. The first-order valence-electron chi connectivity index (χ1n) is 13.1. The van der Waals surface area contributed by atoms with Crippen molar-refractivity contribution in [2.45, 2.75) is 120 Å². The quantitative estimate of drug-likeness (QED) is 0.135. The molecule has 1 unspecified atom stereocenters. The Morgan fingerprint density at radius 3 is 1.91 bits per heavy atom. The average molecular weight is 465 g/mol. The molecule has 0 saturated carbocycles. The van der Waals surface area contributed by atoms with Crippen molar-refractivity contribution in [1.29, 1.82) is 0 Å². The van der Waals surface area contributed by atoms with Gasteiger partial charge in [-0.1, -0.05) is 90.9 Å². The highest BCUT2D eigenvalue weighted by Crippen LogP contribution is 2.30. The Hall–Kier alpha value is -1.36. The fourth-order valence-corrected chi connectivity index (χ4v) is 5.02. The predicted molar refractivity (Wildman–Crippen MR) is 140 cm³/mol. The first-order chi connectivity index (χ1) is 15.7. The second kappa shape index (κ2) is 20.3. The van der Waals surface area contributed by atoms with Crippen molar-refractivity contribution in [3.8, 4) is 5.75 Å². The van der Waals surface area contributed by atoms with Gasteiger partial charge in [-0.05, 0) is 43.5 Å². The van der Waals surface area contributed by atoms with Crippen molar-refractivity contribution in [3.05, 3.63) is 24.3 Å². The third-order valence-corrected chi connectivity index (χ3v) is 7.19. The van der Waals surface area contributed by atoms with E-state index < -0.39 is 0 Å². The lowest BCUT2D eigenvalue weighted by Gasteiger charge is -2.17. The van der Waals surface area contributed by atoms with Gasteiger partial charge in [-0.15, -0.1) is 11.8 Å². The number of thioether (sulfide) groups is 1. The molecule has 0 aliphatic rings. The minimum Gasteiger partial charge on any atom is -0.508 e. The van der Waals surface area contributed by atoms with Crippen LogP contribution in [0.25, 0.3) is 0 Å². The minimum absolute atomic E-state index is 0.0377. The highest BCUT2D eigenvalue weighted by Gasteiger charge is 2.11. The maximum atomic E-state index is 12.1. The van der Waals surface area contributed by atoms with Crippen molar-refractivity contribution in [2.75, 3.05) is 13.1 Å². The van der Waals surface area contributed by atoms with Gasteiger partial charge in [0.2, 0.25) is 0 Å². The lowest BCUT2D eigenvalue weighted by molar-refractivity contribution is 0.240. The van der Waals surface area contributed by atoms with Crippen LogP contribution in [0.15, 0.2) is 29.2 Å². The summed E-state index contributed by atoms with van der Waals surface area (Å²) in [6.07, 6.45) is 18.8. The number of phenolic OH excluding ortho intramolecular Hbond substituents is 1. The summed E-state index contributed by atoms with van der Waals surface area (Å²) < 4.78 is 0. The van der Waals surface area contributed by atoms with E-state index in [1.165, 1.54) is 81.9 Å². The summed E-state index contributed by atoms with van der Waals surface area (Å²) in [6.45, 7) is 5.97. The van der Waals surface area contributed by atoms with Crippen LogP contribution >= 0.6 is 11.8 Å². The van der Waals surface area contributed by atoms with Crippen LogP contribution in [-0.4, -0.2) is 29.5 Å². The molecule has 0 aliphatic heterocycles. The van der Waals surface area contributed by atoms with E-state index in [9.17, 15) is 9.90 Å². The molecule has 0 bridgehead atoms. The standard InChI is InChI=1S/C27H48N2O2S/c1-3-5-7-9-10-11-13-15-22-28-27(31)29-23-21-25(16-14-12-8-6-4-2)32-26-19-17-24(30)18-20-26/h17-20,25,30H,3-16,21-23H2,1-2H3,(H2,28,29,31). The monoisotopic (exact) mass is 464 g/mol. The molecule has 3 N–H and O–H groups in total. The molecule has 0 spiro atoms. The van der Waals surface area contributed by atoms with Gasteiger partial charge in [0.05, 0.1) is 0 Å². The van der Waals surface area contributed by atoms with Crippen molar-refractivity contribution in [3.63, 3.8) is 0 Å². The second-order valence-corrected chi connectivity index (χ2v) is 10.3. The number of hydrogen-bond donors (Lipinski definition) is 3. The highest BCUT2D eigenvalue weighted by molar-refractivity contribution is 8.00. The van der Waals surface area contributed by atoms with Crippen LogP contribution in [0.5, 0.6) is 5.75 Å². The number of nitrogens with one attached hydrogen (secondary N) is 2. The van der Waals surface area contributed by atoms with E-state index >= 15 is 0 Å². The first kappa shape index (κ1) is 28.7. The fourth-order valence-electron chi connectivity index (χ4n) is 3.82. The van der Waals surface area contributed by atoms with Crippen LogP contribution in [-0.2, 0) is 0 Å². The van der Waals surface area contributed by atoms with Crippen LogP contribution in [0.4, 0.5) is 4.79 Å². The normalized spacial score (nSPS) is 11.9. The van der Waals surface area contributed by atoms with Crippen molar-refractivity contribution >= 4 is 17.8 Å². The summed E-state index contributed by atoms with van der Waals surface area (Å²) >= 11 is 1.86.